The Labute approximate surface area is 82.7 Å². The van der Waals surface area contributed by atoms with Gasteiger partial charge in [0.25, 0.3) is 0 Å². The van der Waals surface area contributed by atoms with Gasteiger partial charge in [0.1, 0.15) is 11.2 Å². The fourth-order valence-corrected chi connectivity index (χ4v) is 0.927. The van der Waals surface area contributed by atoms with E-state index in [1.165, 1.54) is 5.56 Å². The average Bonchev–Trinajstić information content (AvgIpc) is 2.65. The Bertz CT molecular complexity index is 400. The molecule has 0 aliphatic rings. The van der Waals surface area contributed by atoms with Gasteiger partial charge in [-0.2, -0.15) is 0 Å². The van der Waals surface area contributed by atoms with Gasteiger partial charge in [0.05, 0.1) is 5.92 Å². The monoisotopic (exact) mass is 194 g/mol. The summed E-state index contributed by atoms with van der Waals surface area (Å²) in [6, 6.07) is 6.00. The molecule has 2 rings (SSSR count). The van der Waals surface area contributed by atoms with Crippen molar-refractivity contribution in [1.29, 1.82) is 0 Å². The zero-order valence-electron chi connectivity index (χ0n) is 8.57. The van der Waals surface area contributed by atoms with Gasteiger partial charge in [0, 0.05) is 0 Å². The highest BCUT2D eigenvalue weighted by atomic mass is 16.4. The molecule has 0 fully saturated rings. The number of carboxylic acids is 1. The maximum absolute atomic E-state index is 9.70. The maximum atomic E-state index is 9.70. The Kier molecular flexibility index (Phi) is 3.12. The summed E-state index contributed by atoms with van der Waals surface area (Å²) in [5, 5.41) is 7.99. The van der Waals surface area contributed by atoms with E-state index in [4.69, 9.17) is 9.52 Å². The van der Waals surface area contributed by atoms with E-state index in [2.05, 4.69) is 0 Å². The normalized spacial score (nSPS) is 10.3. The van der Waals surface area contributed by atoms with Crippen molar-refractivity contribution in [1.82, 2.24) is 0 Å². The molecule has 1 N–H and O–H groups in total. The van der Waals surface area contributed by atoms with Gasteiger partial charge >= 0.3 is 5.97 Å². The minimum Gasteiger partial charge on any atom is -0.481 e. The summed E-state index contributed by atoms with van der Waals surface area (Å²) in [6.45, 7) is 5.33. The molecule has 2 bridgehead atoms. The van der Waals surface area contributed by atoms with Crippen molar-refractivity contribution in [2.45, 2.75) is 20.8 Å². The molecule has 0 aliphatic heterocycles. The van der Waals surface area contributed by atoms with Crippen molar-refractivity contribution < 1.29 is 14.3 Å². The lowest BCUT2D eigenvalue weighted by Crippen LogP contribution is -2.03. The molecule has 2 heterocycles. The van der Waals surface area contributed by atoms with Crippen molar-refractivity contribution in [3.8, 4) is 0 Å². The van der Waals surface area contributed by atoms with Crippen LogP contribution in [0.1, 0.15) is 19.4 Å². The highest BCUT2D eigenvalue weighted by Crippen LogP contribution is 2.19. The van der Waals surface area contributed by atoms with Gasteiger partial charge in [0.15, 0.2) is 0 Å². The molecule has 0 atom stereocenters. The van der Waals surface area contributed by atoms with Gasteiger partial charge < -0.3 is 9.52 Å². The molecule has 2 aromatic rings. The van der Waals surface area contributed by atoms with Crippen molar-refractivity contribution in [3.63, 3.8) is 0 Å². The first-order valence-electron chi connectivity index (χ1n) is 4.52. The summed E-state index contributed by atoms with van der Waals surface area (Å²) < 4.78 is 5.21. The number of benzene rings is 1. The minimum atomic E-state index is -0.741. The highest BCUT2D eigenvalue weighted by Gasteiger charge is 1.99. The van der Waals surface area contributed by atoms with Crippen LogP contribution in [0.4, 0.5) is 0 Å². The number of hydrogen-bond donors (Lipinski definition) is 1. The van der Waals surface area contributed by atoms with E-state index in [9.17, 15) is 4.79 Å². The first kappa shape index (κ1) is 10.6. The second kappa shape index (κ2) is 4.13. The van der Waals surface area contributed by atoms with Gasteiger partial charge in [0.2, 0.25) is 0 Å². The fourth-order valence-electron chi connectivity index (χ4n) is 0.927. The third-order valence-electron chi connectivity index (χ3n) is 1.87. The van der Waals surface area contributed by atoms with E-state index in [1.54, 1.807) is 13.8 Å². The summed E-state index contributed by atoms with van der Waals surface area (Å²) in [4.78, 5) is 9.70. The van der Waals surface area contributed by atoms with Crippen LogP contribution in [0.25, 0.3) is 11.2 Å². The lowest BCUT2D eigenvalue weighted by Gasteiger charge is -1.89. The number of hydrogen-bond acceptors (Lipinski definition) is 2. The lowest BCUT2D eigenvalue weighted by molar-refractivity contribution is -0.140. The number of carbonyl (C=O) groups is 1. The second-order valence-corrected chi connectivity index (χ2v) is 3.52. The zero-order valence-corrected chi connectivity index (χ0v) is 8.57. The van der Waals surface area contributed by atoms with Gasteiger partial charge in [-0.05, 0) is 30.7 Å². The first-order chi connectivity index (χ1) is 6.50. The van der Waals surface area contributed by atoms with E-state index in [0.717, 1.165) is 11.2 Å². The third kappa shape index (κ3) is 2.49. The van der Waals surface area contributed by atoms with E-state index in [1.807, 2.05) is 25.1 Å². The number of aliphatic carboxylic acids is 1. The molecular formula is C11H14O3. The smallest absolute Gasteiger partial charge is 0.305 e. The topological polar surface area (TPSA) is 50.4 Å². The Morgan fingerprint density at radius 3 is 2.14 bits per heavy atom. The number of fused-ring (bicyclic) bond motifs is 2. The minimum absolute atomic E-state index is 0.231. The van der Waals surface area contributed by atoms with Crippen LogP contribution in [-0.2, 0) is 4.79 Å². The van der Waals surface area contributed by atoms with Crippen LogP contribution in [0.2, 0.25) is 0 Å². The summed E-state index contributed by atoms with van der Waals surface area (Å²) in [7, 11) is 0. The van der Waals surface area contributed by atoms with Crippen LogP contribution in [0.5, 0.6) is 0 Å². The summed E-state index contributed by atoms with van der Waals surface area (Å²) >= 11 is 0. The van der Waals surface area contributed by atoms with Crippen LogP contribution in [0.15, 0.2) is 22.6 Å². The van der Waals surface area contributed by atoms with E-state index < -0.39 is 5.97 Å². The van der Waals surface area contributed by atoms with E-state index >= 15 is 0 Å². The molecular weight excluding hydrogens is 180 g/mol. The van der Waals surface area contributed by atoms with Gasteiger partial charge in [-0.25, -0.2) is 0 Å². The first-order valence-corrected chi connectivity index (χ1v) is 4.52. The number of rotatable bonds is 1. The van der Waals surface area contributed by atoms with Crippen molar-refractivity contribution in [2.75, 3.05) is 0 Å². The molecule has 0 radical (unpaired) electrons. The van der Waals surface area contributed by atoms with E-state index in [0.29, 0.717) is 0 Å². The van der Waals surface area contributed by atoms with Crippen LogP contribution in [0, 0.1) is 12.8 Å². The quantitative estimate of drug-likeness (QED) is 0.759. The number of aryl methyl sites for hydroxylation is 1. The third-order valence-corrected chi connectivity index (χ3v) is 1.87. The largest absolute Gasteiger partial charge is 0.481 e. The predicted molar refractivity (Wildman–Crippen MR) is 54.6 cm³/mol. The molecule has 0 spiro atoms. The van der Waals surface area contributed by atoms with E-state index in [-0.39, 0.29) is 5.92 Å². The molecule has 2 aromatic heterocycles. The highest BCUT2D eigenvalue weighted by molar-refractivity contribution is 5.68. The van der Waals surface area contributed by atoms with Crippen LogP contribution in [0.3, 0.4) is 0 Å². The molecule has 0 aliphatic carbocycles. The summed E-state index contributed by atoms with van der Waals surface area (Å²) in [5.74, 6) is -0.972. The molecule has 0 saturated carbocycles. The van der Waals surface area contributed by atoms with Gasteiger partial charge in [-0.1, -0.05) is 13.8 Å². The summed E-state index contributed by atoms with van der Waals surface area (Å²) in [5.41, 5.74) is 3.24. The fraction of sp³-hybridized carbons (Fsp3) is 0.364. The van der Waals surface area contributed by atoms with Crippen molar-refractivity contribution in [2.24, 2.45) is 5.92 Å². The summed E-state index contributed by atoms with van der Waals surface area (Å²) in [6.07, 6.45) is 0. The molecule has 14 heavy (non-hydrogen) atoms. The maximum Gasteiger partial charge on any atom is 0.305 e. The molecule has 76 valence electrons. The Morgan fingerprint density at radius 2 is 2.00 bits per heavy atom. The van der Waals surface area contributed by atoms with Crippen LogP contribution >= 0.6 is 0 Å². The van der Waals surface area contributed by atoms with Crippen molar-refractivity contribution in [3.05, 3.63) is 23.8 Å². The molecule has 0 unspecified atom stereocenters. The van der Waals surface area contributed by atoms with Crippen molar-refractivity contribution >= 4 is 17.1 Å². The lowest BCUT2D eigenvalue weighted by atomic mass is 10.2. The van der Waals surface area contributed by atoms with Crippen LogP contribution in [-0.4, -0.2) is 11.1 Å². The SMILES string of the molecule is CC(C)C(=O)O.Cc1cc2ccc1o2. The Morgan fingerprint density at radius 1 is 1.43 bits per heavy atom. The molecule has 0 amide bonds. The number of furan rings is 2. The van der Waals surface area contributed by atoms with Crippen LogP contribution < -0.4 is 0 Å². The Hall–Kier alpha value is -1.51. The average molecular weight is 194 g/mol. The molecule has 3 heteroatoms. The standard InChI is InChI=1S/C7H6O.C4H8O2/c1-5-4-6-2-3-7(5)8-6;1-3(2)4(5)6/h2-4H,1H3;3H,1-2H3,(H,5,6). The molecule has 0 aromatic carbocycles. The number of carboxylic acid groups (broad SMARTS) is 1. The zero-order chi connectivity index (χ0) is 10.7. The van der Waals surface area contributed by atoms with Gasteiger partial charge in [-0.3, -0.25) is 4.79 Å². The predicted octanol–water partition coefficient (Wildman–Crippen LogP) is 2.91. The Balaban J connectivity index is 0.000000149. The second-order valence-electron chi connectivity index (χ2n) is 3.52. The van der Waals surface area contributed by atoms with Gasteiger partial charge in [-0.15, -0.1) is 0 Å². The molecule has 3 nitrogen and oxygen atoms in total. The molecule has 0 saturated heterocycles.